The average molecular weight is 324 g/mol. The quantitative estimate of drug-likeness (QED) is 0.662. The molecule has 0 atom stereocenters. The fraction of sp³-hybridized carbons (Fsp3) is 0.478. The van der Waals surface area contributed by atoms with E-state index in [1.54, 1.807) is 0 Å². The summed E-state index contributed by atoms with van der Waals surface area (Å²) in [5.74, 6) is 0.545. The van der Waals surface area contributed by atoms with Crippen LogP contribution in [0.15, 0.2) is 48.5 Å². The topological polar surface area (TPSA) is 12.0 Å². The molecule has 0 heterocycles. The van der Waals surface area contributed by atoms with Crippen LogP contribution >= 0.6 is 0 Å². The van der Waals surface area contributed by atoms with Gasteiger partial charge in [0, 0.05) is 17.6 Å². The van der Waals surface area contributed by atoms with Crippen molar-refractivity contribution in [2.75, 3.05) is 11.9 Å². The normalized spacial score (nSPS) is 12.5. The fourth-order valence-electron chi connectivity index (χ4n) is 2.79. The third-order valence-corrected chi connectivity index (χ3v) is 4.78. The highest BCUT2D eigenvalue weighted by Gasteiger charge is 2.24. The average Bonchev–Trinajstić information content (AvgIpc) is 2.53. The van der Waals surface area contributed by atoms with Crippen LogP contribution in [0.3, 0.4) is 0 Å². The Morgan fingerprint density at radius 2 is 1.42 bits per heavy atom. The van der Waals surface area contributed by atoms with Crippen molar-refractivity contribution in [3.8, 4) is 0 Å². The van der Waals surface area contributed by atoms with Crippen molar-refractivity contribution in [2.24, 2.45) is 0 Å². The van der Waals surface area contributed by atoms with Crippen LogP contribution in [-0.2, 0) is 10.8 Å². The lowest BCUT2D eigenvalue weighted by Crippen LogP contribution is -2.28. The summed E-state index contributed by atoms with van der Waals surface area (Å²) in [5, 5.41) is 3.59. The number of anilines is 1. The molecule has 0 fully saturated rings. The minimum Gasteiger partial charge on any atom is -0.384 e. The van der Waals surface area contributed by atoms with E-state index in [-0.39, 0.29) is 10.8 Å². The molecule has 2 rings (SSSR count). The zero-order chi connectivity index (χ0) is 18.0. The van der Waals surface area contributed by atoms with E-state index in [2.05, 4.69) is 102 Å². The molecule has 130 valence electrons. The maximum absolute atomic E-state index is 3.59. The first-order chi connectivity index (χ1) is 11.1. The van der Waals surface area contributed by atoms with Crippen LogP contribution in [0.5, 0.6) is 0 Å². The lowest BCUT2D eigenvalue weighted by Gasteiger charge is -2.30. The summed E-state index contributed by atoms with van der Waals surface area (Å²) in [6, 6.07) is 17.6. The van der Waals surface area contributed by atoms with Crippen LogP contribution < -0.4 is 5.32 Å². The highest BCUT2D eigenvalue weighted by atomic mass is 14.9. The van der Waals surface area contributed by atoms with E-state index < -0.39 is 0 Å². The van der Waals surface area contributed by atoms with E-state index >= 15 is 0 Å². The molecule has 0 aliphatic rings. The van der Waals surface area contributed by atoms with Crippen molar-refractivity contribution in [1.82, 2.24) is 0 Å². The molecule has 0 unspecified atom stereocenters. The van der Waals surface area contributed by atoms with Crippen LogP contribution in [0, 0.1) is 0 Å². The van der Waals surface area contributed by atoms with Crippen molar-refractivity contribution < 1.29 is 0 Å². The second-order valence-electron chi connectivity index (χ2n) is 8.85. The minimum atomic E-state index is 0.0702. The van der Waals surface area contributed by atoms with Gasteiger partial charge in [0.15, 0.2) is 0 Å². The van der Waals surface area contributed by atoms with Gasteiger partial charge in [0.2, 0.25) is 0 Å². The van der Waals surface area contributed by atoms with Gasteiger partial charge in [-0.05, 0) is 40.2 Å². The van der Waals surface area contributed by atoms with Gasteiger partial charge in [-0.25, -0.2) is 0 Å². The van der Waals surface area contributed by atoms with E-state index in [9.17, 15) is 0 Å². The molecule has 2 aromatic carbocycles. The van der Waals surface area contributed by atoms with Crippen molar-refractivity contribution in [2.45, 2.75) is 65.2 Å². The summed E-state index contributed by atoms with van der Waals surface area (Å²) in [5.41, 5.74) is 5.70. The van der Waals surface area contributed by atoms with E-state index in [1.165, 1.54) is 22.4 Å². The second-order valence-corrected chi connectivity index (χ2v) is 8.85. The summed E-state index contributed by atoms with van der Waals surface area (Å²) >= 11 is 0. The van der Waals surface area contributed by atoms with Crippen molar-refractivity contribution in [1.29, 1.82) is 0 Å². The number of rotatable bonds is 5. The number of nitrogens with one attached hydrogen (secondary N) is 1. The molecule has 1 nitrogen and oxygen atoms in total. The van der Waals surface area contributed by atoms with Crippen LogP contribution in [0.2, 0.25) is 0 Å². The Hall–Kier alpha value is -1.76. The predicted molar refractivity (Wildman–Crippen MR) is 107 cm³/mol. The number of hydrogen-bond donors (Lipinski definition) is 1. The Morgan fingerprint density at radius 3 is 1.96 bits per heavy atom. The molecule has 0 amide bonds. The van der Waals surface area contributed by atoms with Crippen LogP contribution in [0.25, 0.3) is 0 Å². The predicted octanol–water partition coefficient (Wildman–Crippen LogP) is 6.50. The largest absolute Gasteiger partial charge is 0.384 e. The van der Waals surface area contributed by atoms with Gasteiger partial charge < -0.3 is 5.32 Å². The summed E-state index contributed by atoms with van der Waals surface area (Å²) in [6.45, 7) is 17.0. The number of para-hydroxylation sites is 1. The lowest BCUT2D eigenvalue weighted by molar-refractivity contribution is 0.545. The summed E-state index contributed by atoms with van der Waals surface area (Å²) in [7, 11) is 0. The molecule has 0 aliphatic carbocycles. The monoisotopic (exact) mass is 323 g/mol. The van der Waals surface area contributed by atoms with Crippen LogP contribution in [0.1, 0.15) is 71.1 Å². The highest BCUT2D eigenvalue weighted by Crippen LogP contribution is 2.33. The Morgan fingerprint density at radius 1 is 0.833 bits per heavy atom. The van der Waals surface area contributed by atoms with Crippen molar-refractivity contribution in [3.05, 3.63) is 65.2 Å². The Kier molecular flexibility index (Phi) is 5.42. The molecule has 0 saturated carbocycles. The molecular formula is C23H33N. The van der Waals surface area contributed by atoms with Gasteiger partial charge in [-0.15, -0.1) is 0 Å². The Labute approximate surface area is 148 Å². The fourth-order valence-corrected chi connectivity index (χ4v) is 2.79. The second kappa shape index (κ2) is 7.01. The van der Waals surface area contributed by atoms with Gasteiger partial charge in [0.05, 0.1) is 0 Å². The molecule has 0 aromatic heterocycles. The molecule has 1 N–H and O–H groups in total. The standard InChI is InChI=1S/C23H33N/c1-17(2)18-13-19(22(3,4)5)15-20(14-18)23(6,7)16-24-21-11-9-8-10-12-21/h8-15,17,24H,16H2,1-7H3. The molecule has 0 spiro atoms. The van der Waals surface area contributed by atoms with Crippen LogP contribution in [0.4, 0.5) is 5.69 Å². The third-order valence-electron chi connectivity index (χ3n) is 4.78. The first-order valence-corrected chi connectivity index (χ1v) is 9.04. The molecule has 0 saturated heterocycles. The van der Waals surface area contributed by atoms with Gasteiger partial charge in [0.1, 0.15) is 0 Å². The van der Waals surface area contributed by atoms with Crippen molar-refractivity contribution in [3.63, 3.8) is 0 Å². The van der Waals surface area contributed by atoms with Gasteiger partial charge in [-0.1, -0.05) is 84.9 Å². The Balaban J connectivity index is 2.32. The smallest absolute Gasteiger partial charge is 0.0340 e. The first-order valence-electron chi connectivity index (χ1n) is 9.04. The van der Waals surface area contributed by atoms with Crippen LogP contribution in [-0.4, -0.2) is 6.54 Å². The van der Waals surface area contributed by atoms with Gasteiger partial charge in [-0.2, -0.15) is 0 Å². The van der Waals surface area contributed by atoms with Gasteiger partial charge in [-0.3, -0.25) is 0 Å². The van der Waals surface area contributed by atoms with E-state index in [0.717, 1.165) is 6.54 Å². The zero-order valence-corrected chi connectivity index (χ0v) is 16.4. The SMILES string of the molecule is CC(C)c1cc(C(C)(C)C)cc(C(C)(C)CNc2ccccc2)c1. The number of hydrogen-bond acceptors (Lipinski definition) is 1. The summed E-state index contributed by atoms with van der Waals surface area (Å²) in [4.78, 5) is 0. The summed E-state index contributed by atoms with van der Waals surface area (Å²) in [6.07, 6.45) is 0. The summed E-state index contributed by atoms with van der Waals surface area (Å²) < 4.78 is 0. The Bertz CT molecular complexity index is 660. The first kappa shape index (κ1) is 18.6. The molecule has 0 bridgehead atoms. The van der Waals surface area contributed by atoms with E-state index in [4.69, 9.17) is 0 Å². The van der Waals surface area contributed by atoms with E-state index in [0.29, 0.717) is 5.92 Å². The zero-order valence-electron chi connectivity index (χ0n) is 16.4. The molecule has 0 aliphatic heterocycles. The maximum Gasteiger partial charge on any atom is 0.0340 e. The van der Waals surface area contributed by atoms with Gasteiger partial charge in [0.25, 0.3) is 0 Å². The highest BCUT2D eigenvalue weighted by molar-refractivity contribution is 5.45. The lowest BCUT2D eigenvalue weighted by atomic mass is 9.77. The molecule has 2 aromatic rings. The minimum absolute atomic E-state index is 0.0702. The van der Waals surface area contributed by atoms with E-state index in [1.807, 2.05) is 0 Å². The molecule has 0 radical (unpaired) electrons. The third kappa shape index (κ3) is 4.63. The molecular weight excluding hydrogens is 290 g/mol. The maximum atomic E-state index is 3.59. The number of benzene rings is 2. The molecule has 1 heteroatoms. The van der Waals surface area contributed by atoms with Crippen molar-refractivity contribution >= 4 is 5.69 Å². The molecule has 24 heavy (non-hydrogen) atoms. The van der Waals surface area contributed by atoms with Gasteiger partial charge >= 0.3 is 0 Å².